The Hall–Kier alpha value is -1.79. The van der Waals surface area contributed by atoms with Gasteiger partial charge in [0.25, 0.3) is 0 Å². The van der Waals surface area contributed by atoms with Crippen LogP contribution in [0.1, 0.15) is 36.7 Å². The van der Waals surface area contributed by atoms with E-state index in [0.717, 1.165) is 4.68 Å². The largest absolute Gasteiger partial charge is 0.408 e. The van der Waals surface area contributed by atoms with Crippen molar-refractivity contribution in [2.24, 2.45) is 0 Å². The van der Waals surface area contributed by atoms with Gasteiger partial charge < -0.3 is 5.32 Å². The van der Waals surface area contributed by atoms with Gasteiger partial charge in [-0.15, -0.1) is 6.58 Å². The Kier molecular flexibility index (Phi) is 5.20. The molecule has 7 heteroatoms. The first-order valence-corrected chi connectivity index (χ1v) is 6.60. The number of halogens is 3. The molecule has 0 saturated heterocycles. The minimum absolute atomic E-state index is 0.203. The van der Waals surface area contributed by atoms with E-state index in [2.05, 4.69) is 17.0 Å². The number of rotatable bonds is 5. The highest BCUT2D eigenvalue weighted by atomic mass is 19.4. The quantitative estimate of drug-likeness (QED) is 0.850. The topological polar surface area (TPSA) is 46.9 Å². The summed E-state index contributed by atoms with van der Waals surface area (Å²) in [6, 6.07) is -0.203. The smallest absolute Gasteiger partial charge is 0.350 e. The zero-order valence-corrected chi connectivity index (χ0v) is 12.6. The van der Waals surface area contributed by atoms with Crippen LogP contribution in [0.4, 0.5) is 13.2 Å². The summed E-state index contributed by atoms with van der Waals surface area (Å²) in [5.41, 5.74) is 1.33. The van der Waals surface area contributed by atoms with Crippen LogP contribution in [-0.2, 0) is 11.3 Å². The lowest BCUT2D eigenvalue weighted by atomic mass is 9.98. The second kappa shape index (κ2) is 6.32. The molecule has 0 fully saturated rings. The molecule has 4 nitrogen and oxygen atoms in total. The fourth-order valence-corrected chi connectivity index (χ4v) is 2.20. The molecule has 0 bridgehead atoms. The maximum atomic E-state index is 12.5. The SMILES string of the molecule is C=CC(C)NC(=O)C(C)c1c(C)nn(CC(F)(F)F)c1C. The monoisotopic (exact) mass is 303 g/mol. The molecule has 21 heavy (non-hydrogen) atoms. The van der Waals surface area contributed by atoms with Crippen LogP contribution < -0.4 is 5.32 Å². The number of carbonyl (C=O) groups excluding carboxylic acids is 1. The molecule has 1 rings (SSSR count). The van der Waals surface area contributed by atoms with Crippen molar-refractivity contribution in [1.82, 2.24) is 15.1 Å². The molecule has 1 aromatic rings. The number of carbonyl (C=O) groups is 1. The predicted octanol–water partition coefficient (Wildman–Crippen LogP) is 2.86. The van der Waals surface area contributed by atoms with Crippen LogP contribution in [0.3, 0.4) is 0 Å². The first-order chi connectivity index (χ1) is 9.56. The molecular weight excluding hydrogens is 283 g/mol. The summed E-state index contributed by atoms with van der Waals surface area (Å²) in [5.74, 6) is -0.838. The molecular formula is C14H20F3N3O. The first-order valence-electron chi connectivity index (χ1n) is 6.60. The molecule has 0 spiro atoms. The Morgan fingerprint density at radius 3 is 2.48 bits per heavy atom. The van der Waals surface area contributed by atoms with Crippen molar-refractivity contribution in [2.45, 2.75) is 52.4 Å². The molecule has 1 amide bonds. The molecule has 1 N–H and O–H groups in total. The van der Waals surface area contributed by atoms with Crippen LogP contribution in [0.25, 0.3) is 0 Å². The third-order valence-electron chi connectivity index (χ3n) is 3.32. The fourth-order valence-electron chi connectivity index (χ4n) is 2.20. The minimum Gasteiger partial charge on any atom is -0.350 e. The van der Waals surface area contributed by atoms with Crippen molar-refractivity contribution in [3.63, 3.8) is 0 Å². The first kappa shape index (κ1) is 17.3. The second-order valence-electron chi connectivity index (χ2n) is 5.11. The number of hydrogen-bond acceptors (Lipinski definition) is 2. The van der Waals surface area contributed by atoms with Crippen molar-refractivity contribution >= 4 is 5.91 Å². The molecule has 2 unspecified atom stereocenters. The molecule has 0 aliphatic rings. The van der Waals surface area contributed by atoms with E-state index in [1.807, 2.05) is 0 Å². The van der Waals surface area contributed by atoms with Gasteiger partial charge >= 0.3 is 6.18 Å². The minimum atomic E-state index is -4.34. The van der Waals surface area contributed by atoms with Crippen LogP contribution in [0.2, 0.25) is 0 Å². The van der Waals surface area contributed by atoms with Crippen LogP contribution in [0.5, 0.6) is 0 Å². The van der Waals surface area contributed by atoms with Gasteiger partial charge in [-0.05, 0) is 27.7 Å². The number of amides is 1. The van der Waals surface area contributed by atoms with Gasteiger partial charge in [0.05, 0.1) is 11.6 Å². The lowest BCUT2D eigenvalue weighted by Gasteiger charge is -2.16. The van der Waals surface area contributed by atoms with Gasteiger partial charge in [0.15, 0.2) is 0 Å². The Morgan fingerprint density at radius 2 is 2.00 bits per heavy atom. The van der Waals surface area contributed by atoms with Crippen molar-refractivity contribution < 1.29 is 18.0 Å². The number of aromatic nitrogens is 2. The van der Waals surface area contributed by atoms with E-state index in [-0.39, 0.29) is 11.9 Å². The number of alkyl halides is 3. The third kappa shape index (κ3) is 4.34. The molecule has 0 saturated carbocycles. The van der Waals surface area contributed by atoms with Crippen molar-refractivity contribution in [3.8, 4) is 0 Å². The van der Waals surface area contributed by atoms with Gasteiger partial charge in [0, 0.05) is 17.3 Å². The van der Waals surface area contributed by atoms with Gasteiger partial charge in [-0.1, -0.05) is 6.08 Å². The maximum absolute atomic E-state index is 12.5. The molecule has 0 aromatic carbocycles. The number of nitrogens with one attached hydrogen (secondary N) is 1. The van der Waals surface area contributed by atoms with Gasteiger partial charge in [0.2, 0.25) is 5.91 Å². The lowest BCUT2D eigenvalue weighted by molar-refractivity contribution is -0.143. The predicted molar refractivity (Wildman–Crippen MR) is 74.0 cm³/mol. The molecule has 2 atom stereocenters. The molecule has 118 valence electrons. The van der Waals surface area contributed by atoms with E-state index >= 15 is 0 Å². The van der Waals surface area contributed by atoms with Crippen molar-refractivity contribution in [2.75, 3.05) is 0 Å². The zero-order valence-electron chi connectivity index (χ0n) is 12.6. The summed E-state index contributed by atoms with van der Waals surface area (Å²) >= 11 is 0. The highest BCUT2D eigenvalue weighted by Gasteiger charge is 2.31. The summed E-state index contributed by atoms with van der Waals surface area (Å²) in [6.45, 7) is 8.99. The van der Waals surface area contributed by atoms with E-state index in [4.69, 9.17) is 0 Å². The van der Waals surface area contributed by atoms with Gasteiger partial charge in [-0.25, -0.2) is 0 Å². The van der Waals surface area contributed by atoms with Gasteiger partial charge in [0.1, 0.15) is 6.54 Å². The Bertz CT molecular complexity index is 534. The third-order valence-corrected chi connectivity index (χ3v) is 3.32. The average Bonchev–Trinajstić information content (AvgIpc) is 2.61. The van der Waals surface area contributed by atoms with Crippen LogP contribution >= 0.6 is 0 Å². The van der Waals surface area contributed by atoms with E-state index in [1.165, 1.54) is 0 Å². The summed E-state index contributed by atoms with van der Waals surface area (Å²) in [5, 5.41) is 6.62. The maximum Gasteiger partial charge on any atom is 0.408 e. The van der Waals surface area contributed by atoms with E-state index < -0.39 is 18.6 Å². The Morgan fingerprint density at radius 1 is 1.43 bits per heavy atom. The molecule has 0 radical (unpaired) electrons. The highest BCUT2D eigenvalue weighted by molar-refractivity contribution is 5.84. The summed E-state index contributed by atoms with van der Waals surface area (Å²) < 4.78 is 38.4. The van der Waals surface area contributed by atoms with Crippen molar-refractivity contribution in [1.29, 1.82) is 0 Å². The summed E-state index contributed by atoms with van der Waals surface area (Å²) in [6.07, 6.45) is -2.76. The highest BCUT2D eigenvalue weighted by Crippen LogP contribution is 2.26. The van der Waals surface area contributed by atoms with Crippen LogP contribution in [-0.4, -0.2) is 27.9 Å². The number of nitrogens with zero attached hydrogens (tertiary/aromatic N) is 2. The van der Waals surface area contributed by atoms with E-state index in [0.29, 0.717) is 17.0 Å². The normalized spacial score (nSPS) is 14.6. The molecule has 0 aliphatic carbocycles. The number of hydrogen-bond donors (Lipinski definition) is 1. The summed E-state index contributed by atoms with van der Waals surface area (Å²) in [7, 11) is 0. The average molecular weight is 303 g/mol. The van der Waals surface area contributed by atoms with Gasteiger partial charge in [-0.2, -0.15) is 18.3 Å². The zero-order chi connectivity index (χ0) is 16.4. The lowest BCUT2D eigenvalue weighted by Crippen LogP contribution is -2.34. The molecule has 1 heterocycles. The van der Waals surface area contributed by atoms with Crippen molar-refractivity contribution in [3.05, 3.63) is 29.6 Å². The Labute approximate surface area is 122 Å². The Balaban J connectivity index is 3.02. The molecule has 0 aliphatic heterocycles. The molecule has 1 aromatic heterocycles. The van der Waals surface area contributed by atoms with Crippen LogP contribution in [0.15, 0.2) is 12.7 Å². The number of aryl methyl sites for hydroxylation is 1. The van der Waals surface area contributed by atoms with Gasteiger partial charge in [-0.3, -0.25) is 9.48 Å². The van der Waals surface area contributed by atoms with E-state index in [9.17, 15) is 18.0 Å². The van der Waals surface area contributed by atoms with Crippen LogP contribution in [0, 0.1) is 13.8 Å². The second-order valence-corrected chi connectivity index (χ2v) is 5.11. The standard InChI is InChI=1S/C14H20F3N3O/c1-6-8(2)18-13(21)9(3)12-10(4)19-20(11(12)5)7-14(15,16)17/h6,8-9H,1,7H2,2-5H3,(H,18,21). The summed E-state index contributed by atoms with van der Waals surface area (Å²) in [4.78, 5) is 12.1. The fraction of sp³-hybridized carbons (Fsp3) is 0.571. The van der Waals surface area contributed by atoms with E-state index in [1.54, 1.807) is 33.8 Å².